The quantitative estimate of drug-likeness (QED) is 0.213. The molecular formula is C20H34N6O5S. The number of imidazole rings is 1. The Morgan fingerprint density at radius 3 is 2.25 bits per heavy atom. The van der Waals surface area contributed by atoms with Gasteiger partial charge in [-0.05, 0) is 37.7 Å². The van der Waals surface area contributed by atoms with Crippen LogP contribution in [0.4, 0.5) is 0 Å². The van der Waals surface area contributed by atoms with Gasteiger partial charge in [-0.15, -0.1) is 0 Å². The molecule has 0 saturated carbocycles. The molecule has 1 heterocycles. The number of amides is 3. The molecule has 3 amide bonds. The largest absolute Gasteiger partial charge is 0.480 e. The second-order valence-electron chi connectivity index (χ2n) is 7.99. The summed E-state index contributed by atoms with van der Waals surface area (Å²) in [6, 6.07) is -3.84. The Hall–Kier alpha value is -2.60. The van der Waals surface area contributed by atoms with Gasteiger partial charge in [-0.25, -0.2) is 4.98 Å². The Labute approximate surface area is 192 Å². The summed E-state index contributed by atoms with van der Waals surface area (Å²) < 4.78 is 0. The fourth-order valence-corrected chi connectivity index (χ4v) is 3.32. The number of aliphatic carboxylic acids is 1. The van der Waals surface area contributed by atoms with Gasteiger partial charge >= 0.3 is 5.97 Å². The normalized spacial score (nSPS) is 14.8. The molecule has 1 aromatic rings. The molecule has 0 spiro atoms. The van der Waals surface area contributed by atoms with Crippen LogP contribution in [-0.2, 0) is 25.6 Å². The standard InChI is InChI=1S/C20H34N6O5S/c1-11(2)7-15(25-17(27)14(21)5-6-32-4)19(29)26-16(8-13-9-22-10-23-13)18(28)24-12(3)20(30)31/h9-12,14-16H,5-8,21H2,1-4H3,(H,22,23)(H,24,28)(H,25,27)(H,26,29)(H,30,31). The summed E-state index contributed by atoms with van der Waals surface area (Å²) in [5.41, 5.74) is 6.50. The van der Waals surface area contributed by atoms with E-state index in [1.165, 1.54) is 19.4 Å². The summed E-state index contributed by atoms with van der Waals surface area (Å²) in [6.07, 6.45) is 5.74. The Morgan fingerprint density at radius 2 is 1.72 bits per heavy atom. The molecular weight excluding hydrogens is 436 g/mol. The van der Waals surface area contributed by atoms with Crippen LogP contribution in [-0.4, -0.2) is 74.9 Å². The second-order valence-corrected chi connectivity index (χ2v) is 8.97. The Morgan fingerprint density at radius 1 is 1.09 bits per heavy atom. The third-order valence-electron chi connectivity index (χ3n) is 4.65. The molecule has 11 nitrogen and oxygen atoms in total. The van der Waals surface area contributed by atoms with Crippen molar-refractivity contribution in [2.45, 2.75) is 64.2 Å². The number of carbonyl (C=O) groups excluding carboxylic acids is 3. The molecule has 0 bridgehead atoms. The van der Waals surface area contributed by atoms with Crippen molar-refractivity contribution < 1.29 is 24.3 Å². The van der Waals surface area contributed by atoms with Crippen LogP contribution in [0.3, 0.4) is 0 Å². The van der Waals surface area contributed by atoms with E-state index in [2.05, 4.69) is 25.9 Å². The molecule has 7 N–H and O–H groups in total. The first kappa shape index (κ1) is 27.4. The average Bonchev–Trinajstić information content (AvgIpc) is 3.23. The number of carbonyl (C=O) groups is 4. The number of aromatic nitrogens is 2. The minimum atomic E-state index is -1.20. The van der Waals surface area contributed by atoms with Gasteiger partial charge in [0.2, 0.25) is 17.7 Å². The van der Waals surface area contributed by atoms with Crippen LogP contribution in [0.15, 0.2) is 12.5 Å². The summed E-state index contributed by atoms with van der Waals surface area (Å²) in [7, 11) is 0. The number of rotatable bonds is 14. The van der Waals surface area contributed by atoms with Crippen molar-refractivity contribution in [3.05, 3.63) is 18.2 Å². The van der Waals surface area contributed by atoms with Crippen LogP contribution in [0.25, 0.3) is 0 Å². The smallest absolute Gasteiger partial charge is 0.325 e. The monoisotopic (exact) mass is 470 g/mol. The second kappa shape index (κ2) is 13.7. The van der Waals surface area contributed by atoms with E-state index in [4.69, 9.17) is 10.8 Å². The van der Waals surface area contributed by atoms with E-state index >= 15 is 0 Å². The maximum absolute atomic E-state index is 13.0. The minimum Gasteiger partial charge on any atom is -0.480 e. The van der Waals surface area contributed by atoms with Gasteiger partial charge in [0.1, 0.15) is 18.1 Å². The fraction of sp³-hybridized carbons (Fsp3) is 0.650. The topological polar surface area (TPSA) is 179 Å². The van der Waals surface area contributed by atoms with Crippen LogP contribution >= 0.6 is 11.8 Å². The minimum absolute atomic E-state index is 0.0689. The van der Waals surface area contributed by atoms with Crippen molar-refractivity contribution in [3.63, 3.8) is 0 Å². The first-order valence-corrected chi connectivity index (χ1v) is 11.8. The van der Waals surface area contributed by atoms with E-state index in [0.29, 0.717) is 24.3 Å². The number of H-pyrrole nitrogens is 1. The maximum atomic E-state index is 13.0. The van der Waals surface area contributed by atoms with Crippen LogP contribution in [0.5, 0.6) is 0 Å². The van der Waals surface area contributed by atoms with Crippen LogP contribution < -0.4 is 21.7 Å². The molecule has 0 saturated heterocycles. The maximum Gasteiger partial charge on any atom is 0.325 e. The van der Waals surface area contributed by atoms with Gasteiger partial charge in [0.25, 0.3) is 0 Å². The number of hydrogen-bond acceptors (Lipinski definition) is 7. The molecule has 0 aliphatic rings. The lowest BCUT2D eigenvalue weighted by atomic mass is 10.0. The van der Waals surface area contributed by atoms with Gasteiger partial charge in [0, 0.05) is 18.3 Å². The molecule has 0 aromatic carbocycles. The highest BCUT2D eigenvalue weighted by Gasteiger charge is 2.30. The van der Waals surface area contributed by atoms with Gasteiger partial charge in [-0.2, -0.15) is 11.8 Å². The van der Waals surface area contributed by atoms with Crippen LogP contribution in [0, 0.1) is 5.92 Å². The summed E-state index contributed by atoms with van der Waals surface area (Å²) in [6.45, 7) is 5.14. The highest BCUT2D eigenvalue weighted by Crippen LogP contribution is 2.08. The SMILES string of the molecule is CSCCC(N)C(=O)NC(CC(C)C)C(=O)NC(Cc1cnc[nH]1)C(=O)NC(C)C(=O)O. The Balaban J connectivity index is 2.95. The van der Waals surface area contributed by atoms with Gasteiger partial charge < -0.3 is 31.8 Å². The Bertz CT molecular complexity index is 758. The third-order valence-corrected chi connectivity index (χ3v) is 5.29. The highest BCUT2D eigenvalue weighted by molar-refractivity contribution is 7.98. The number of thioether (sulfide) groups is 1. The molecule has 1 rings (SSSR count). The molecule has 180 valence electrons. The van der Waals surface area contributed by atoms with Crippen LogP contribution in [0.2, 0.25) is 0 Å². The lowest BCUT2D eigenvalue weighted by Gasteiger charge is -2.25. The molecule has 0 aliphatic carbocycles. The zero-order valence-corrected chi connectivity index (χ0v) is 19.7. The molecule has 0 fully saturated rings. The number of nitrogens with two attached hydrogens (primary N) is 1. The number of nitrogens with one attached hydrogen (secondary N) is 4. The number of carboxylic acid groups (broad SMARTS) is 1. The predicted molar refractivity (Wildman–Crippen MR) is 122 cm³/mol. The first-order chi connectivity index (χ1) is 15.0. The first-order valence-electron chi connectivity index (χ1n) is 10.4. The predicted octanol–water partition coefficient (Wildman–Crippen LogP) is -0.362. The van der Waals surface area contributed by atoms with Crippen LogP contribution in [0.1, 0.15) is 39.3 Å². The van der Waals surface area contributed by atoms with E-state index < -0.39 is 47.9 Å². The molecule has 32 heavy (non-hydrogen) atoms. The zero-order valence-electron chi connectivity index (χ0n) is 18.9. The average molecular weight is 471 g/mol. The van der Waals surface area contributed by atoms with Crippen molar-refractivity contribution in [2.75, 3.05) is 12.0 Å². The van der Waals surface area contributed by atoms with E-state index in [1.54, 1.807) is 11.8 Å². The molecule has 12 heteroatoms. The molecule has 1 aromatic heterocycles. The molecule has 0 radical (unpaired) electrons. The Kier molecular flexibility index (Phi) is 11.8. The van der Waals surface area contributed by atoms with Gasteiger partial charge in [0.15, 0.2) is 0 Å². The van der Waals surface area contributed by atoms with Crippen molar-refractivity contribution in [1.29, 1.82) is 0 Å². The lowest BCUT2D eigenvalue weighted by molar-refractivity contribution is -0.141. The van der Waals surface area contributed by atoms with Gasteiger partial charge in [-0.1, -0.05) is 13.8 Å². The number of hydrogen-bond donors (Lipinski definition) is 6. The van der Waals surface area contributed by atoms with Crippen molar-refractivity contribution in [2.24, 2.45) is 11.7 Å². The van der Waals surface area contributed by atoms with Crippen molar-refractivity contribution in [3.8, 4) is 0 Å². The number of nitrogens with zero attached hydrogens (tertiary/aromatic N) is 1. The fourth-order valence-electron chi connectivity index (χ4n) is 2.83. The summed E-state index contributed by atoms with van der Waals surface area (Å²) in [5, 5.41) is 16.8. The summed E-state index contributed by atoms with van der Waals surface area (Å²) in [5.74, 6) is -2.05. The lowest BCUT2D eigenvalue weighted by Crippen LogP contribution is -2.57. The van der Waals surface area contributed by atoms with E-state index in [0.717, 1.165) is 0 Å². The highest BCUT2D eigenvalue weighted by atomic mass is 32.2. The molecule has 4 atom stereocenters. The van der Waals surface area contributed by atoms with Crippen molar-refractivity contribution >= 4 is 35.5 Å². The van der Waals surface area contributed by atoms with E-state index in [1.807, 2.05) is 20.1 Å². The molecule has 4 unspecified atom stereocenters. The van der Waals surface area contributed by atoms with Gasteiger partial charge in [0.05, 0.1) is 12.4 Å². The number of carboxylic acids is 1. The third kappa shape index (κ3) is 9.69. The van der Waals surface area contributed by atoms with Gasteiger partial charge in [-0.3, -0.25) is 19.2 Å². The summed E-state index contributed by atoms with van der Waals surface area (Å²) in [4.78, 5) is 56.0. The molecule has 0 aliphatic heterocycles. The zero-order chi connectivity index (χ0) is 24.3. The summed E-state index contributed by atoms with van der Waals surface area (Å²) >= 11 is 1.57. The number of aromatic amines is 1. The van der Waals surface area contributed by atoms with Crippen molar-refractivity contribution in [1.82, 2.24) is 25.9 Å². The van der Waals surface area contributed by atoms with E-state index in [-0.39, 0.29) is 12.3 Å². The van der Waals surface area contributed by atoms with E-state index in [9.17, 15) is 19.2 Å².